The van der Waals surface area contributed by atoms with Crippen LogP contribution in [-0.4, -0.2) is 42.8 Å². The lowest BCUT2D eigenvalue weighted by Crippen LogP contribution is -2.41. The molecule has 1 aliphatic heterocycles. The molecular formula is C9H16N2O2. The van der Waals surface area contributed by atoms with Crippen molar-refractivity contribution < 1.29 is 9.59 Å². The normalized spacial score (nSPS) is 18.7. The molecule has 0 radical (unpaired) electrons. The number of hydrogen-bond donors (Lipinski definition) is 1. The fraction of sp³-hybridized carbons (Fsp3) is 0.778. The average molecular weight is 184 g/mol. The van der Waals surface area contributed by atoms with Crippen LogP contribution in [0.1, 0.15) is 19.8 Å². The van der Waals surface area contributed by atoms with Crippen LogP contribution in [0.2, 0.25) is 0 Å². The first-order valence-corrected chi connectivity index (χ1v) is 4.73. The lowest BCUT2D eigenvalue weighted by atomic mass is 10.1. The number of nitrogens with zero attached hydrogens (tertiary/aromatic N) is 1. The second kappa shape index (κ2) is 4.97. The summed E-state index contributed by atoms with van der Waals surface area (Å²) in [6.07, 6.45) is 1.19. The van der Waals surface area contributed by atoms with E-state index in [4.69, 9.17) is 0 Å². The fourth-order valence-corrected chi connectivity index (χ4v) is 1.42. The van der Waals surface area contributed by atoms with Gasteiger partial charge in [0.15, 0.2) is 0 Å². The molecule has 74 valence electrons. The molecule has 0 aliphatic carbocycles. The van der Waals surface area contributed by atoms with Gasteiger partial charge in [-0.25, -0.2) is 0 Å². The van der Waals surface area contributed by atoms with Gasteiger partial charge in [-0.3, -0.25) is 14.5 Å². The summed E-state index contributed by atoms with van der Waals surface area (Å²) in [5.74, 6) is 0.365. The summed E-state index contributed by atoms with van der Waals surface area (Å²) in [5.41, 5.74) is 0. The van der Waals surface area contributed by atoms with Crippen molar-refractivity contribution in [3.63, 3.8) is 0 Å². The van der Waals surface area contributed by atoms with Crippen molar-refractivity contribution in [3.05, 3.63) is 0 Å². The number of piperidine rings is 1. The molecule has 0 saturated carbocycles. The van der Waals surface area contributed by atoms with E-state index in [9.17, 15) is 9.59 Å². The molecule has 1 amide bonds. The molecule has 0 spiro atoms. The van der Waals surface area contributed by atoms with Crippen molar-refractivity contribution in [2.75, 3.05) is 26.2 Å². The van der Waals surface area contributed by atoms with E-state index in [0.29, 0.717) is 31.7 Å². The van der Waals surface area contributed by atoms with Gasteiger partial charge in [0, 0.05) is 32.5 Å². The maximum absolute atomic E-state index is 11.2. The number of Topliss-reactive ketones (excluding diaryl/α,β-unsaturated/α-hetero) is 1. The van der Waals surface area contributed by atoms with Crippen LogP contribution in [0.15, 0.2) is 0 Å². The number of hydrogen-bond acceptors (Lipinski definition) is 3. The average Bonchev–Trinajstić information content (AvgIpc) is 2.09. The second-order valence-electron chi connectivity index (χ2n) is 3.27. The third kappa shape index (κ3) is 3.55. The third-order valence-electron chi connectivity index (χ3n) is 2.15. The Balaban J connectivity index is 2.22. The van der Waals surface area contributed by atoms with Crippen molar-refractivity contribution in [1.82, 2.24) is 10.2 Å². The van der Waals surface area contributed by atoms with E-state index in [1.165, 1.54) is 0 Å². The number of amides is 1. The number of likely N-dealkylation sites (tertiary alicyclic amines) is 1. The zero-order chi connectivity index (χ0) is 9.68. The summed E-state index contributed by atoms with van der Waals surface area (Å²) in [6.45, 7) is 4.47. The van der Waals surface area contributed by atoms with Crippen LogP contribution in [0.4, 0.5) is 0 Å². The van der Waals surface area contributed by atoms with Gasteiger partial charge in [-0.2, -0.15) is 0 Å². The fourth-order valence-electron chi connectivity index (χ4n) is 1.42. The number of ketones is 1. The molecule has 1 fully saturated rings. The Morgan fingerprint density at radius 2 is 2.08 bits per heavy atom. The molecule has 4 heteroatoms. The topological polar surface area (TPSA) is 49.4 Å². The largest absolute Gasteiger partial charge is 0.355 e. The first-order chi connectivity index (χ1) is 6.22. The highest BCUT2D eigenvalue weighted by molar-refractivity contribution is 5.81. The molecule has 0 aromatic rings. The van der Waals surface area contributed by atoms with Gasteiger partial charge in [-0.05, 0) is 6.92 Å². The molecular weight excluding hydrogens is 168 g/mol. The van der Waals surface area contributed by atoms with Gasteiger partial charge in [0.05, 0.1) is 6.54 Å². The molecule has 1 saturated heterocycles. The Labute approximate surface area is 78.3 Å². The second-order valence-corrected chi connectivity index (χ2v) is 3.27. The molecule has 0 bridgehead atoms. The van der Waals surface area contributed by atoms with Crippen molar-refractivity contribution in [2.45, 2.75) is 19.8 Å². The molecule has 4 nitrogen and oxygen atoms in total. The highest BCUT2D eigenvalue weighted by atomic mass is 16.2. The van der Waals surface area contributed by atoms with E-state index in [1.54, 1.807) is 0 Å². The summed E-state index contributed by atoms with van der Waals surface area (Å²) in [5, 5.41) is 2.74. The van der Waals surface area contributed by atoms with Crippen LogP contribution >= 0.6 is 0 Å². The third-order valence-corrected chi connectivity index (χ3v) is 2.15. The predicted molar refractivity (Wildman–Crippen MR) is 49.4 cm³/mol. The van der Waals surface area contributed by atoms with Crippen molar-refractivity contribution >= 4 is 11.7 Å². The zero-order valence-electron chi connectivity index (χ0n) is 8.01. The van der Waals surface area contributed by atoms with Gasteiger partial charge in [0.25, 0.3) is 0 Å². The molecule has 1 aliphatic rings. The van der Waals surface area contributed by atoms with Gasteiger partial charge in [0.2, 0.25) is 5.91 Å². The smallest absolute Gasteiger partial charge is 0.234 e. The van der Waals surface area contributed by atoms with Gasteiger partial charge >= 0.3 is 0 Å². The first-order valence-electron chi connectivity index (χ1n) is 4.73. The molecule has 0 aromatic carbocycles. The molecule has 1 heterocycles. The highest BCUT2D eigenvalue weighted by Gasteiger charge is 2.17. The highest BCUT2D eigenvalue weighted by Crippen LogP contribution is 2.04. The van der Waals surface area contributed by atoms with Gasteiger partial charge in [-0.15, -0.1) is 0 Å². The van der Waals surface area contributed by atoms with E-state index < -0.39 is 0 Å². The van der Waals surface area contributed by atoms with E-state index in [-0.39, 0.29) is 5.91 Å². The maximum Gasteiger partial charge on any atom is 0.234 e. The van der Waals surface area contributed by atoms with Gasteiger partial charge < -0.3 is 5.32 Å². The monoisotopic (exact) mass is 184 g/mol. The Bertz CT molecular complexity index is 194. The van der Waals surface area contributed by atoms with Crippen molar-refractivity contribution in [1.29, 1.82) is 0 Å². The SMILES string of the molecule is CCNC(=O)CN1CCC(=O)CC1. The van der Waals surface area contributed by atoms with E-state index in [1.807, 2.05) is 11.8 Å². The van der Waals surface area contributed by atoms with Crippen LogP contribution in [0, 0.1) is 0 Å². The summed E-state index contributed by atoms with van der Waals surface area (Å²) >= 11 is 0. The van der Waals surface area contributed by atoms with E-state index >= 15 is 0 Å². The van der Waals surface area contributed by atoms with Crippen LogP contribution in [0.5, 0.6) is 0 Å². The minimum absolute atomic E-state index is 0.0526. The van der Waals surface area contributed by atoms with Gasteiger partial charge in [0.1, 0.15) is 5.78 Å². The zero-order valence-corrected chi connectivity index (χ0v) is 8.01. The Morgan fingerprint density at radius 1 is 1.46 bits per heavy atom. The number of likely N-dealkylation sites (N-methyl/N-ethyl adjacent to an activating group) is 1. The predicted octanol–water partition coefficient (Wildman–Crippen LogP) is -0.213. The summed E-state index contributed by atoms with van der Waals surface area (Å²) in [7, 11) is 0. The van der Waals surface area contributed by atoms with Gasteiger partial charge in [-0.1, -0.05) is 0 Å². The van der Waals surface area contributed by atoms with E-state index in [2.05, 4.69) is 5.32 Å². The summed E-state index contributed by atoms with van der Waals surface area (Å²) < 4.78 is 0. The Hall–Kier alpha value is -0.900. The maximum atomic E-state index is 11.2. The summed E-state index contributed by atoms with van der Waals surface area (Å²) in [4.78, 5) is 24.1. The Kier molecular flexibility index (Phi) is 3.89. The van der Waals surface area contributed by atoms with Crippen molar-refractivity contribution in [2.24, 2.45) is 0 Å². The quantitative estimate of drug-likeness (QED) is 0.660. The number of carbonyl (C=O) groups excluding carboxylic acids is 2. The minimum Gasteiger partial charge on any atom is -0.355 e. The van der Waals surface area contributed by atoms with Crippen LogP contribution in [0.25, 0.3) is 0 Å². The lowest BCUT2D eigenvalue weighted by molar-refractivity contribution is -0.126. The van der Waals surface area contributed by atoms with Crippen LogP contribution in [-0.2, 0) is 9.59 Å². The molecule has 0 aromatic heterocycles. The first kappa shape index (κ1) is 10.2. The molecule has 0 atom stereocenters. The molecule has 1 N–H and O–H groups in total. The minimum atomic E-state index is 0.0526. The van der Waals surface area contributed by atoms with E-state index in [0.717, 1.165) is 13.1 Å². The number of rotatable bonds is 3. The lowest BCUT2D eigenvalue weighted by Gasteiger charge is -2.24. The van der Waals surface area contributed by atoms with Crippen LogP contribution < -0.4 is 5.32 Å². The Morgan fingerprint density at radius 3 is 2.62 bits per heavy atom. The molecule has 13 heavy (non-hydrogen) atoms. The van der Waals surface area contributed by atoms with Crippen molar-refractivity contribution in [3.8, 4) is 0 Å². The molecule has 0 unspecified atom stereocenters. The standard InChI is InChI=1S/C9H16N2O2/c1-2-10-9(13)7-11-5-3-8(12)4-6-11/h2-7H2,1H3,(H,10,13). The summed E-state index contributed by atoms with van der Waals surface area (Å²) in [6, 6.07) is 0. The number of carbonyl (C=O) groups is 2. The van der Waals surface area contributed by atoms with Crippen LogP contribution in [0.3, 0.4) is 0 Å². The number of nitrogens with one attached hydrogen (secondary N) is 1. The molecule has 1 rings (SSSR count).